The molecule has 0 radical (unpaired) electrons. The first-order chi connectivity index (χ1) is 15.5. The number of hydrogen-bond donors (Lipinski definition) is 7. The molecule has 0 bridgehead atoms. The zero-order valence-corrected chi connectivity index (χ0v) is 20.4. The van der Waals surface area contributed by atoms with Crippen molar-refractivity contribution >= 4 is 36.3 Å². The number of imidazole rings is 1. The number of carboxylic acids is 1. The molecule has 7 N–H and O–H groups in total. The lowest BCUT2D eigenvalue weighted by Gasteiger charge is -2.28. The smallest absolute Gasteiger partial charge is 0.327 e. The van der Waals surface area contributed by atoms with Crippen LogP contribution in [0.2, 0.25) is 0 Å². The number of carbonyl (C=O) groups excluding carboxylic acids is 3. The third-order valence-corrected chi connectivity index (χ3v) is 5.63. The van der Waals surface area contributed by atoms with E-state index in [9.17, 15) is 24.3 Å². The lowest BCUT2D eigenvalue weighted by molar-refractivity contribution is -0.142. The first-order valence-electron chi connectivity index (χ1n) is 11.0. The van der Waals surface area contributed by atoms with Gasteiger partial charge in [-0.1, -0.05) is 34.1 Å². The molecule has 186 valence electrons. The number of nitrogens with two attached hydrogens (primary N) is 1. The van der Waals surface area contributed by atoms with E-state index in [0.29, 0.717) is 18.5 Å². The van der Waals surface area contributed by atoms with Crippen LogP contribution in [0.5, 0.6) is 0 Å². The Morgan fingerprint density at radius 1 is 1.09 bits per heavy atom. The van der Waals surface area contributed by atoms with Gasteiger partial charge in [-0.15, -0.1) is 0 Å². The van der Waals surface area contributed by atoms with E-state index in [1.807, 2.05) is 20.8 Å². The lowest BCUT2D eigenvalue weighted by atomic mass is 9.96. The van der Waals surface area contributed by atoms with Gasteiger partial charge in [0.2, 0.25) is 17.7 Å². The van der Waals surface area contributed by atoms with Crippen molar-refractivity contribution in [2.75, 3.05) is 5.75 Å². The quantitative estimate of drug-likeness (QED) is 0.179. The van der Waals surface area contributed by atoms with Crippen molar-refractivity contribution in [2.45, 2.75) is 71.1 Å². The maximum absolute atomic E-state index is 13.1. The first kappa shape index (κ1) is 28.4. The Balaban J connectivity index is 2.93. The van der Waals surface area contributed by atoms with E-state index in [2.05, 4.69) is 38.5 Å². The Morgan fingerprint density at radius 3 is 2.21 bits per heavy atom. The van der Waals surface area contributed by atoms with Gasteiger partial charge in [0, 0.05) is 24.1 Å². The number of carbonyl (C=O) groups is 4. The Bertz CT molecular complexity index is 788. The fourth-order valence-corrected chi connectivity index (χ4v) is 3.36. The largest absolute Gasteiger partial charge is 0.480 e. The fraction of sp³-hybridized carbons (Fsp3) is 0.667. The normalized spacial score (nSPS) is 15.7. The molecule has 12 heteroatoms. The summed E-state index contributed by atoms with van der Waals surface area (Å²) in [5, 5.41) is 17.0. The number of nitrogens with zero attached hydrogens (tertiary/aromatic N) is 1. The van der Waals surface area contributed by atoms with Crippen LogP contribution in [-0.2, 0) is 25.6 Å². The minimum Gasteiger partial charge on any atom is -0.480 e. The second-order valence-electron chi connectivity index (χ2n) is 8.53. The van der Waals surface area contributed by atoms with Crippen LogP contribution in [0, 0.1) is 11.8 Å². The Kier molecular flexibility index (Phi) is 11.9. The molecule has 0 aliphatic carbocycles. The number of aromatic amines is 1. The summed E-state index contributed by atoms with van der Waals surface area (Å²) in [7, 11) is 0. The molecule has 11 nitrogen and oxygen atoms in total. The van der Waals surface area contributed by atoms with E-state index < -0.39 is 47.9 Å². The molecule has 0 saturated heterocycles. The number of H-pyrrole nitrogens is 1. The SMILES string of the molecule is CCC(C)C(NC(=O)C(CC(C)C)NC(=O)C(N)Cc1cnc[nH]1)C(=O)NC(CS)C(=O)O. The van der Waals surface area contributed by atoms with Gasteiger partial charge in [0.1, 0.15) is 18.1 Å². The summed E-state index contributed by atoms with van der Waals surface area (Å²) in [5.41, 5.74) is 6.68. The second kappa shape index (κ2) is 13.8. The van der Waals surface area contributed by atoms with Crippen LogP contribution >= 0.6 is 12.6 Å². The van der Waals surface area contributed by atoms with Gasteiger partial charge in [-0.05, 0) is 18.3 Å². The highest BCUT2D eigenvalue weighted by Crippen LogP contribution is 2.11. The molecule has 0 fully saturated rings. The van der Waals surface area contributed by atoms with Crippen molar-refractivity contribution in [1.29, 1.82) is 0 Å². The van der Waals surface area contributed by atoms with Crippen LogP contribution in [-0.4, -0.2) is 68.7 Å². The molecule has 0 saturated carbocycles. The van der Waals surface area contributed by atoms with Gasteiger partial charge in [-0.25, -0.2) is 9.78 Å². The summed E-state index contributed by atoms with van der Waals surface area (Å²) in [4.78, 5) is 56.5. The number of nitrogens with one attached hydrogen (secondary N) is 4. The highest BCUT2D eigenvalue weighted by atomic mass is 32.1. The van der Waals surface area contributed by atoms with Crippen LogP contribution in [0.4, 0.5) is 0 Å². The van der Waals surface area contributed by atoms with Crippen LogP contribution in [0.25, 0.3) is 0 Å². The molecule has 3 amide bonds. The Morgan fingerprint density at radius 2 is 1.73 bits per heavy atom. The summed E-state index contributed by atoms with van der Waals surface area (Å²) in [6.07, 6.45) is 4.17. The minimum atomic E-state index is -1.22. The van der Waals surface area contributed by atoms with E-state index in [0.717, 1.165) is 0 Å². The van der Waals surface area contributed by atoms with Gasteiger partial charge >= 0.3 is 5.97 Å². The maximum Gasteiger partial charge on any atom is 0.327 e. The summed E-state index contributed by atoms with van der Waals surface area (Å²) in [6.45, 7) is 7.43. The predicted octanol–water partition coefficient (Wildman–Crippen LogP) is -0.159. The van der Waals surface area contributed by atoms with Gasteiger partial charge < -0.3 is 31.8 Å². The Labute approximate surface area is 199 Å². The molecule has 0 aliphatic heterocycles. The minimum absolute atomic E-state index is 0.0707. The van der Waals surface area contributed by atoms with Gasteiger partial charge in [0.05, 0.1) is 12.4 Å². The Hall–Kier alpha value is -2.60. The average Bonchev–Trinajstić information content (AvgIpc) is 3.26. The molecule has 0 aliphatic rings. The standard InChI is InChI=1S/C21H36N6O5S/c1-5-12(4)17(20(30)26-16(9-33)21(31)32)27-19(29)15(6-11(2)3)25-18(28)14(22)7-13-8-23-10-24-13/h8,10-12,14-17,33H,5-7,9,22H2,1-4H3,(H,23,24)(H,25,28)(H,26,30)(H,27,29)(H,31,32). The average molecular weight is 485 g/mol. The van der Waals surface area contributed by atoms with Crippen molar-refractivity contribution in [3.63, 3.8) is 0 Å². The number of hydrogen-bond acceptors (Lipinski definition) is 7. The number of amides is 3. The topological polar surface area (TPSA) is 179 Å². The van der Waals surface area contributed by atoms with E-state index in [1.54, 1.807) is 13.1 Å². The molecule has 5 unspecified atom stereocenters. The molecular weight excluding hydrogens is 448 g/mol. The zero-order chi connectivity index (χ0) is 25.1. The summed E-state index contributed by atoms with van der Waals surface area (Å²) in [6, 6.07) is -3.97. The van der Waals surface area contributed by atoms with Crippen LogP contribution in [0.3, 0.4) is 0 Å². The highest BCUT2D eigenvalue weighted by Gasteiger charge is 2.32. The third kappa shape index (κ3) is 9.42. The van der Waals surface area contributed by atoms with E-state index in [4.69, 9.17) is 5.73 Å². The van der Waals surface area contributed by atoms with Crippen LogP contribution < -0.4 is 21.7 Å². The molecule has 33 heavy (non-hydrogen) atoms. The van der Waals surface area contributed by atoms with Crippen molar-refractivity contribution in [3.05, 3.63) is 18.2 Å². The number of aromatic nitrogens is 2. The van der Waals surface area contributed by atoms with Gasteiger partial charge in [-0.3, -0.25) is 14.4 Å². The van der Waals surface area contributed by atoms with E-state index >= 15 is 0 Å². The first-order valence-corrected chi connectivity index (χ1v) is 11.6. The molecule has 1 rings (SSSR count). The molecule has 0 aromatic carbocycles. The van der Waals surface area contributed by atoms with Crippen molar-refractivity contribution in [1.82, 2.24) is 25.9 Å². The lowest BCUT2D eigenvalue weighted by Crippen LogP contribution is -2.59. The predicted molar refractivity (Wildman–Crippen MR) is 126 cm³/mol. The number of rotatable bonds is 14. The van der Waals surface area contributed by atoms with Crippen molar-refractivity contribution < 1.29 is 24.3 Å². The monoisotopic (exact) mass is 484 g/mol. The summed E-state index contributed by atoms with van der Waals surface area (Å²) < 4.78 is 0. The zero-order valence-electron chi connectivity index (χ0n) is 19.5. The van der Waals surface area contributed by atoms with Crippen molar-refractivity contribution in [2.24, 2.45) is 17.6 Å². The van der Waals surface area contributed by atoms with Gasteiger partial charge in [0.25, 0.3) is 0 Å². The number of carboxylic acid groups (broad SMARTS) is 1. The fourth-order valence-electron chi connectivity index (χ4n) is 3.11. The molecular formula is C21H36N6O5S. The highest BCUT2D eigenvalue weighted by molar-refractivity contribution is 7.80. The maximum atomic E-state index is 13.1. The third-order valence-electron chi connectivity index (χ3n) is 5.26. The molecule has 0 spiro atoms. The second-order valence-corrected chi connectivity index (χ2v) is 8.90. The van der Waals surface area contributed by atoms with E-state index in [-0.39, 0.29) is 24.0 Å². The van der Waals surface area contributed by atoms with Crippen LogP contribution in [0.15, 0.2) is 12.5 Å². The summed E-state index contributed by atoms with van der Waals surface area (Å²) in [5.74, 6) is -3.18. The number of aliphatic carboxylic acids is 1. The molecule has 5 atom stereocenters. The molecule has 1 aromatic rings. The van der Waals surface area contributed by atoms with Gasteiger partial charge in [0.15, 0.2) is 0 Å². The van der Waals surface area contributed by atoms with Gasteiger partial charge in [-0.2, -0.15) is 12.6 Å². The van der Waals surface area contributed by atoms with E-state index in [1.165, 1.54) is 6.33 Å². The van der Waals surface area contributed by atoms with Crippen molar-refractivity contribution in [3.8, 4) is 0 Å². The molecule has 1 aromatic heterocycles. The molecule has 1 heterocycles. The number of thiol groups is 1. The summed E-state index contributed by atoms with van der Waals surface area (Å²) >= 11 is 3.95. The van der Waals surface area contributed by atoms with Crippen LogP contribution in [0.1, 0.15) is 46.2 Å².